The minimum Gasteiger partial charge on any atom is -0.478 e. The molecule has 0 unspecified atom stereocenters. The molecule has 1 aromatic heterocycles. The maximum atomic E-state index is 10.8. The largest absolute Gasteiger partial charge is 0.478 e. The summed E-state index contributed by atoms with van der Waals surface area (Å²) in [5.74, 6) is -0.475. The molecule has 1 aliphatic carbocycles. The number of nitrogens with zero attached hydrogens (tertiary/aromatic N) is 1. The van der Waals surface area contributed by atoms with Gasteiger partial charge in [0.25, 0.3) is 0 Å². The fourth-order valence-corrected chi connectivity index (χ4v) is 2.57. The number of carboxylic acid groups (broad SMARTS) is 1. The molecule has 4 N–H and O–H groups in total. The molecule has 1 aliphatic rings. The van der Waals surface area contributed by atoms with Crippen LogP contribution in [0.2, 0.25) is 0 Å². The first kappa shape index (κ1) is 12.5. The van der Waals surface area contributed by atoms with E-state index in [0.717, 1.165) is 12.8 Å². The third-order valence-electron chi connectivity index (χ3n) is 3.56. The first-order chi connectivity index (χ1) is 9.63. The van der Waals surface area contributed by atoms with Gasteiger partial charge < -0.3 is 16.2 Å². The zero-order valence-electron chi connectivity index (χ0n) is 10.8. The number of carbonyl (C=O) groups is 1. The number of nitrogen functional groups attached to an aromatic ring is 1. The fraction of sp³-hybridized carbons (Fsp3) is 0.200. The first-order valence-corrected chi connectivity index (χ1v) is 6.45. The van der Waals surface area contributed by atoms with Crippen molar-refractivity contribution in [2.75, 3.05) is 11.1 Å². The molecule has 5 heteroatoms. The van der Waals surface area contributed by atoms with E-state index >= 15 is 0 Å². The normalized spacial score (nSPS) is 14.0. The Morgan fingerprint density at radius 1 is 1.30 bits per heavy atom. The summed E-state index contributed by atoms with van der Waals surface area (Å²) >= 11 is 0. The number of nitrogens with two attached hydrogens (primary N) is 1. The Morgan fingerprint density at radius 3 is 2.50 bits per heavy atom. The Bertz CT molecular complexity index is 645. The lowest BCUT2D eigenvalue weighted by Crippen LogP contribution is -2.21. The molecule has 3 rings (SSSR count). The van der Waals surface area contributed by atoms with Crippen LogP contribution >= 0.6 is 0 Å². The molecule has 0 spiro atoms. The van der Waals surface area contributed by atoms with E-state index in [0.29, 0.717) is 11.5 Å². The van der Waals surface area contributed by atoms with E-state index in [1.54, 1.807) is 0 Å². The van der Waals surface area contributed by atoms with Gasteiger partial charge in [0, 0.05) is 12.2 Å². The van der Waals surface area contributed by atoms with Crippen LogP contribution in [0.1, 0.15) is 21.5 Å². The summed E-state index contributed by atoms with van der Waals surface area (Å²) in [5, 5.41) is 12.2. The van der Waals surface area contributed by atoms with Gasteiger partial charge in [0.1, 0.15) is 5.82 Å². The van der Waals surface area contributed by atoms with Gasteiger partial charge in [-0.1, -0.05) is 24.3 Å². The van der Waals surface area contributed by atoms with E-state index in [1.807, 2.05) is 12.1 Å². The first-order valence-electron chi connectivity index (χ1n) is 6.45. The molecule has 0 bridgehead atoms. The van der Waals surface area contributed by atoms with Crippen molar-refractivity contribution in [2.24, 2.45) is 0 Å². The molecule has 0 amide bonds. The second-order valence-electron chi connectivity index (χ2n) is 4.99. The van der Waals surface area contributed by atoms with Gasteiger partial charge >= 0.3 is 5.97 Å². The molecule has 0 saturated carbocycles. The summed E-state index contributed by atoms with van der Waals surface area (Å²) in [6.07, 6.45) is 3.18. The molecule has 5 nitrogen and oxygen atoms in total. The summed E-state index contributed by atoms with van der Waals surface area (Å²) in [4.78, 5) is 15.0. The highest BCUT2D eigenvalue weighted by Crippen LogP contribution is 2.26. The Balaban J connectivity index is 1.75. The average Bonchev–Trinajstić information content (AvgIpc) is 2.83. The van der Waals surface area contributed by atoms with Crippen LogP contribution in [0.5, 0.6) is 0 Å². The van der Waals surface area contributed by atoms with Crippen LogP contribution in [0.15, 0.2) is 36.5 Å². The number of anilines is 2. The lowest BCUT2D eigenvalue weighted by Gasteiger charge is -2.14. The number of fused-ring (bicyclic) bond motifs is 1. The molecular weight excluding hydrogens is 254 g/mol. The van der Waals surface area contributed by atoms with Crippen molar-refractivity contribution in [2.45, 2.75) is 18.9 Å². The molecule has 0 fully saturated rings. The van der Waals surface area contributed by atoms with Gasteiger partial charge in [0.15, 0.2) is 0 Å². The zero-order chi connectivity index (χ0) is 14.1. The van der Waals surface area contributed by atoms with Gasteiger partial charge in [0.05, 0.1) is 11.3 Å². The second kappa shape index (κ2) is 4.85. The molecule has 0 aliphatic heterocycles. The number of pyridine rings is 1. The summed E-state index contributed by atoms with van der Waals surface area (Å²) in [5.41, 5.74) is 8.99. The van der Waals surface area contributed by atoms with E-state index in [1.165, 1.54) is 23.4 Å². The maximum Gasteiger partial charge on any atom is 0.337 e. The van der Waals surface area contributed by atoms with E-state index in [9.17, 15) is 4.79 Å². The number of hydrogen-bond acceptors (Lipinski definition) is 4. The van der Waals surface area contributed by atoms with Crippen molar-refractivity contribution in [3.8, 4) is 0 Å². The van der Waals surface area contributed by atoms with Crippen molar-refractivity contribution in [1.29, 1.82) is 0 Å². The van der Waals surface area contributed by atoms with Crippen LogP contribution in [0.3, 0.4) is 0 Å². The van der Waals surface area contributed by atoms with Crippen LogP contribution in [0, 0.1) is 0 Å². The van der Waals surface area contributed by atoms with Crippen LogP contribution in [0.4, 0.5) is 11.5 Å². The SMILES string of the molecule is Nc1cc(C(=O)O)cnc1NC1Cc2ccccc2C1. The Labute approximate surface area is 116 Å². The number of aromatic carboxylic acids is 1. The van der Waals surface area contributed by atoms with E-state index < -0.39 is 5.97 Å². The average molecular weight is 269 g/mol. The number of aromatic nitrogens is 1. The molecule has 2 aromatic rings. The molecule has 0 radical (unpaired) electrons. The third kappa shape index (κ3) is 2.30. The van der Waals surface area contributed by atoms with E-state index in [2.05, 4.69) is 22.4 Å². The van der Waals surface area contributed by atoms with Gasteiger partial charge in [-0.05, 0) is 30.0 Å². The Hall–Kier alpha value is -2.56. The number of carboxylic acids is 1. The predicted octanol–water partition coefficient (Wildman–Crippen LogP) is 1.94. The smallest absolute Gasteiger partial charge is 0.337 e. The summed E-state index contributed by atoms with van der Waals surface area (Å²) in [7, 11) is 0. The fourth-order valence-electron chi connectivity index (χ4n) is 2.57. The zero-order valence-corrected chi connectivity index (χ0v) is 10.8. The van der Waals surface area contributed by atoms with Gasteiger partial charge in [-0.3, -0.25) is 0 Å². The summed E-state index contributed by atoms with van der Waals surface area (Å²) in [6.45, 7) is 0. The van der Waals surface area contributed by atoms with Gasteiger partial charge in [-0.2, -0.15) is 0 Å². The Kier molecular flexibility index (Phi) is 3.02. The quantitative estimate of drug-likeness (QED) is 0.792. The predicted molar refractivity (Wildman–Crippen MR) is 76.9 cm³/mol. The molecule has 1 aromatic carbocycles. The summed E-state index contributed by atoms with van der Waals surface area (Å²) < 4.78 is 0. The molecule has 102 valence electrons. The second-order valence-corrected chi connectivity index (χ2v) is 4.99. The highest BCUT2D eigenvalue weighted by Gasteiger charge is 2.21. The topological polar surface area (TPSA) is 88.2 Å². The van der Waals surface area contributed by atoms with Gasteiger partial charge in [0.2, 0.25) is 0 Å². The van der Waals surface area contributed by atoms with Gasteiger partial charge in [-0.15, -0.1) is 0 Å². The van der Waals surface area contributed by atoms with Crippen LogP contribution in [0.25, 0.3) is 0 Å². The van der Waals surface area contributed by atoms with Gasteiger partial charge in [-0.25, -0.2) is 9.78 Å². The van der Waals surface area contributed by atoms with Crippen LogP contribution in [-0.2, 0) is 12.8 Å². The minimum atomic E-state index is -1.02. The van der Waals surface area contributed by atoms with E-state index in [4.69, 9.17) is 10.8 Å². The molecule has 20 heavy (non-hydrogen) atoms. The Morgan fingerprint density at radius 2 is 1.95 bits per heavy atom. The minimum absolute atomic E-state index is 0.0998. The van der Waals surface area contributed by atoms with Crippen molar-refractivity contribution < 1.29 is 9.90 Å². The number of rotatable bonds is 3. The standard InChI is InChI=1S/C15H15N3O2/c16-13-7-11(15(19)20)8-17-14(13)18-12-5-9-3-1-2-4-10(9)6-12/h1-4,7-8,12H,5-6,16H2,(H,17,18)(H,19,20). The highest BCUT2D eigenvalue weighted by atomic mass is 16.4. The number of nitrogens with one attached hydrogen (secondary N) is 1. The van der Waals surface area contributed by atoms with Crippen molar-refractivity contribution >= 4 is 17.5 Å². The van der Waals surface area contributed by atoms with Crippen molar-refractivity contribution in [3.05, 3.63) is 53.2 Å². The van der Waals surface area contributed by atoms with E-state index in [-0.39, 0.29) is 11.6 Å². The van der Waals surface area contributed by atoms with Crippen molar-refractivity contribution in [1.82, 2.24) is 4.98 Å². The van der Waals surface area contributed by atoms with Crippen molar-refractivity contribution in [3.63, 3.8) is 0 Å². The summed E-state index contributed by atoms with van der Waals surface area (Å²) in [6, 6.07) is 10.0. The molecule has 1 heterocycles. The third-order valence-corrected chi connectivity index (χ3v) is 3.56. The number of hydrogen-bond donors (Lipinski definition) is 3. The van der Waals surface area contributed by atoms with Crippen LogP contribution in [-0.4, -0.2) is 22.1 Å². The molecular formula is C15H15N3O2. The number of benzene rings is 1. The molecule has 0 saturated heterocycles. The highest BCUT2D eigenvalue weighted by molar-refractivity contribution is 5.89. The lowest BCUT2D eigenvalue weighted by atomic mass is 10.1. The monoisotopic (exact) mass is 269 g/mol. The lowest BCUT2D eigenvalue weighted by molar-refractivity contribution is 0.0696. The van der Waals surface area contributed by atoms with Crippen LogP contribution < -0.4 is 11.1 Å². The molecule has 0 atom stereocenters. The maximum absolute atomic E-state index is 10.8.